The minimum absolute atomic E-state index is 0.190. The molecule has 2 rings (SSSR count). The highest BCUT2D eigenvalue weighted by Gasteiger charge is 2.23. The second-order valence-electron chi connectivity index (χ2n) is 2.64. The summed E-state index contributed by atoms with van der Waals surface area (Å²) in [5.74, 6) is -1.58. The van der Waals surface area contributed by atoms with E-state index in [4.69, 9.17) is 9.52 Å². The van der Waals surface area contributed by atoms with Crippen LogP contribution in [0.5, 0.6) is 0 Å². The molecule has 6 nitrogen and oxygen atoms in total. The van der Waals surface area contributed by atoms with Crippen molar-refractivity contribution in [1.82, 2.24) is 10.2 Å². The Morgan fingerprint density at radius 2 is 2.33 bits per heavy atom. The van der Waals surface area contributed by atoms with Crippen LogP contribution in [0.2, 0.25) is 0 Å². The van der Waals surface area contributed by atoms with E-state index in [-0.39, 0.29) is 11.9 Å². The fourth-order valence-corrected chi connectivity index (χ4v) is 0.770. The van der Waals surface area contributed by atoms with Gasteiger partial charge in [0.25, 0.3) is 0 Å². The summed E-state index contributed by atoms with van der Waals surface area (Å²) in [5.41, 5.74) is 0. The van der Waals surface area contributed by atoms with Gasteiger partial charge in [0, 0.05) is 6.04 Å². The van der Waals surface area contributed by atoms with Gasteiger partial charge < -0.3 is 14.8 Å². The number of hydrogen-bond donors (Lipinski definition) is 2. The molecule has 0 saturated heterocycles. The Bertz CT molecular complexity index is 305. The van der Waals surface area contributed by atoms with E-state index in [1.165, 1.54) is 0 Å². The van der Waals surface area contributed by atoms with Gasteiger partial charge in [-0.1, -0.05) is 10.2 Å². The smallest absolute Gasteiger partial charge is 0.393 e. The number of carboxylic acid groups (broad SMARTS) is 1. The van der Waals surface area contributed by atoms with Crippen molar-refractivity contribution in [2.24, 2.45) is 0 Å². The number of aromatic carboxylic acids is 1. The lowest BCUT2D eigenvalue weighted by Crippen LogP contribution is -2.00. The summed E-state index contributed by atoms with van der Waals surface area (Å²) in [5, 5.41) is 18.1. The zero-order chi connectivity index (χ0) is 8.55. The molecule has 0 atom stereocenters. The van der Waals surface area contributed by atoms with Crippen LogP contribution >= 0.6 is 0 Å². The number of anilines is 1. The van der Waals surface area contributed by atoms with Crippen molar-refractivity contribution >= 4 is 12.0 Å². The summed E-state index contributed by atoms with van der Waals surface area (Å²) in [6.07, 6.45) is 2.15. The summed E-state index contributed by atoms with van der Waals surface area (Å²) in [7, 11) is 0. The molecule has 1 fully saturated rings. The first kappa shape index (κ1) is 7.08. The third-order valence-corrected chi connectivity index (χ3v) is 1.51. The maximum atomic E-state index is 10.3. The minimum atomic E-state index is -1.20. The van der Waals surface area contributed by atoms with E-state index < -0.39 is 5.97 Å². The van der Waals surface area contributed by atoms with Crippen molar-refractivity contribution in [2.75, 3.05) is 5.32 Å². The summed E-state index contributed by atoms with van der Waals surface area (Å²) in [6, 6.07) is 0.571. The van der Waals surface area contributed by atoms with E-state index in [1.807, 2.05) is 0 Å². The number of hydrogen-bond acceptors (Lipinski definition) is 5. The Morgan fingerprint density at radius 1 is 1.58 bits per heavy atom. The number of nitrogens with zero attached hydrogens (tertiary/aromatic N) is 2. The van der Waals surface area contributed by atoms with Crippen LogP contribution in [-0.2, 0) is 0 Å². The number of rotatable bonds is 3. The van der Waals surface area contributed by atoms with E-state index in [1.54, 1.807) is 0 Å². The second kappa shape index (κ2) is 2.47. The van der Waals surface area contributed by atoms with Gasteiger partial charge in [0.2, 0.25) is 0 Å². The van der Waals surface area contributed by atoms with Gasteiger partial charge in [-0.3, -0.25) is 0 Å². The number of carboxylic acids is 1. The standard InChI is InChI=1S/C6H7N3O3/c10-5(11)4-8-9-6(12-4)7-3-1-2-3/h3H,1-2H2,(H,7,9)(H,10,11). The van der Waals surface area contributed by atoms with Crippen molar-refractivity contribution in [3.63, 3.8) is 0 Å². The molecule has 1 aliphatic rings. The number of aromatic nitrogens is 2. The molecule has 12 heavy (non-hydrogen) atoms. The van der Waals surface area contributed by atoms with E-state index >= 15 is 0 Å². The SMILES string of the molecule is O=C(O)c1nnc(NC2CC2)o1. The Hall–Kier alpha value is -1.59. The van der Waals surface area contributed by atoms with Crippen LogP contribution in [0.4, 0.5) is 6.01 Å². The summed E-state index contributed by atoms with van der Waals surface area (Å²) < 4.78 is 4.76. The summed E-state index contributed by atoms with van der Waals surface area (Å²) in [4.78, 5) is 10.3. The number of carbonyl (C=O) groups is 1. The fraction of sp³-hybridized carbons (Fsp3) is 0.500. The first-order valence-electron chi connectivity index (χ1n) is 3.59. The minimum Gasteiger partial charge on any atom is -0.474 e. The first-order valence-corrected chi connectivity index (χ1v) is 3.59. The van der Waals surface area contributed by atoms with Gasteiger partial charge >= 0.3 is 17.9 Å². The van der Waals surface area contributed by atoms with Crippen LogP contribution in [0.3, 0.4) is 0 Å². The molecule has 0 aliphatic heterocycles. The third kappa shape index (κ3) is 1.36. The van der Waals surface area contributed by atoms with Gasteiger partial charge in [0.15, 0.2) is 0 Å². The van der Waals surface area contributed by atoms with Crippen LogP contribution in [0.15, 0.2) is 4.42 Å². The Labute approximate surface area is 67.6 Å². The lowest BCUT2D eigenvalue weighted by Gasteiger charge is -1.92. The Kier molecular flexibility index (Phi) is 1.46. The summed E-state index contributed by atoms with van der Waals surface area (Å²) in [6.45, 7) is 0. The lowest BCUT2D eigenvalue weighted by molar-refractivity contribution is 0.0654. The Balaban J connectivity index is 2.06. The van der Waals surface area contributed by atoms with Gasteiger partial charge in [-0.25, -0.2) is 4.79 Å². The molecule has 0 aromatic carbocycles. The lowest BCUT2D eigenvalue weighted by atomic mass is 10.7. The van der Waals surface area contributed by atoms with Crippen LogP contribution in [-0.4, -0.2) is 27.3 Å². The van der Waals surface area contributed by atoms with E-state index in [0.717, 1.165) is 12.8 Å². The molecule has 1 aromatic rings. The van der Waals surface area contributed by atoms with Gasteiger partial charge in [-0.05, 0) is 12.8 Å². The quantitative estimate of drug-likeness (QED) is 0.678. The van der Waals surface area contributed by atoms with Crippen molar-refractivity contribution in [2.45, 2.75) is 18.9 Å². The summed E-state index contributed by atoms with van der Waals surface area (Å²) >= 11 is 0. The molecule has 1 aliphatic carbocycles. The van der Waals surface area contributed by atoms with E-state index in [9.17, 15) is 4.79 Å². The van der Waals surface area contributed by atoms with E-state index in [2.05, 4.69) is 15.5 Å². The molecule has 2 N–H and O–H groups in total. The molecule has 0 radical (unpaired) electrons. The van der Waals surface area contributed by atoms with Gasteiger partial charge in [0.1, 0.15) is 0 Å². The maximum absolute atomic E-state index is 10.3. The molecule has 64 valence electrons. The van der Waals surface area contributed by atoms with Crippen LogP contribution in [0, 0.1) is 0 Å². The third-order valence-electron chi connectivity index (χ3n) is 1.51. The molecule has 6 heteroatoms. The first-order chi connectivity index (χ1) is 5.75. The van der Waals surface area contributed by atoms with Gasteiger partial charge in [0.05, 0.1) is 0 Å². The van der Waals surface area contributed by atoms with Crippen LogP contribution in [0.25, 0.3) is 0 Å². The number of nitrogens with one attached hydrogen (secondary N) is 1. The maximum Gasteiger partial charge on any atom is 0.393 e. The second-order valence-corrected chi connectivity index (χ2v) is 2.64. The fourth-order valence-electron chi connectivity index (χ4n) is 0.770. The predicted molar refractivity (Wildman–Crippen MR) is 37.9 cm³/mol. The molecule has 0 bridgehead atoms. The molecule has 1 heterocycles. The molecule has 1 aromatic heterocycles. The highest BCUT2D eigenvalue weighted by Crippen LogP contribution is 2.23. The van der Waals surface area contributed by atoms with Gasteiger partial charge in [-0.15, -0.1) is 0 Å². The topological polar surface area (TPSA) is 88.2 Å². The molecular weight excluding hydrogens is 162 g/mol. The van der Waals surface area contributed by atoms with Crippen LogP contribution in [0.1, 0.15) is 23.5 Å². The molecule has 0 spiro atoms. The zero-order valence-corrected chi connectivity index (χ0v) is 6.15. The van der Waals surface area contributed by atoms with Crippen molar-refractivity contribution in [3.8, 4) is 0 Å². The normalized spacial score (nSPS) is 16.0. The van der Waals surface area contributed by atoms with Crippen LogP contribution < -0.4 is 5.32 Å². The van der Waals surface area contributed by atoms with Crippen molar-refractivity contribution in [3.05, 3.63) is 5.89 Å². The largest absolute Gasteiger partial charge is 0.474 e. The molecular formula is C6H7N3O3. The highest BCUT2D eigenvalue weighted by molar-refractivity contribution is 5.82. The van der Waals surface area contributed by atoms with Gasteiger partial charge in [-0.2, -0.15) is 0 Å². The van der Waals surface area contributed by atoms with E-state index in [0.29, 0.717) is 6.04 Å². The average Bonchev–Trinajstić information content (AvgIpc) is 2.66. The molecule has 1 saturated carbocycles. The predicted octanol–water partition coefficient (Wildman–Crippen LogP) is 0.342. The monoisotopic (exact) mass is 169 g/mol. The molecule has 0 amide bonds. The Morgan fingerprint density at radius 3 is 2.83 bits per heavy atom. The molecule has 0 unspecified atom stereocenters. The highest BCUT2D eigenvalue weighted by atomic mass is 16.4. The zero-order valence-electron chi connectivity index (χ0n) is 6.15. The average molecular weight is 169 g/mol. The van der Waals surface area contributed by atoms with Crippen molar-refractivity contribution < 1.29 is 14.3 Å². The van der Waals surface area contributed by atoms with Crippen molar-refractivity contribution in [1.29, 1.82) is 0 Å².